The van der Waals surface area contributed by atoms with E-state index in [1.54, 1.807) is 13.8 Å². The third-order valence-corrected chi connectivity index (χ3v) is 4.58. The van der Waals surface area contributed by atoms with Crippen LogP contribution >= 0.6 is 0 Å². The number of carbonyl (C=O) groups is 2. The number of hydrogen-bond donors (Lipinski definition) is 2. The van der Waals surface area contributed by atoms with Crippen LogP contribution in [0.2, 0.25) is 0 Å². The molecule has 2 N–H and O–H groups in total. The molecule has 0 amide bonds. The zero-order valence-electron chi connectivity index (χ0n) is 12.2. The van der Waals surface area contributed by atoms with Crippen molar-refractivity contribution in [2.75, 3.05) is 0 Å². The van der Waals surface area contributed by atoms with Gasteiger partial charge in [0.2, 0.25) is 10.0 Å². The molecule has 0 bridgehead atoms. The molecule has 0 spiro atoms. The smallest absolute Gasteiger partial charge is 0.304 e. The predicted octanol–water partition coefficient (Wildman–Crippen LogP) is 1.67. The molecule has 0 aliphatic heterocycles. The Morgan fingerprint density at radius 3 is 2.10 bits per heavy atom. The fraction of sp³-hybridized carbons (Fsp3) is 0.429. The molecule has 0 fully saturated rings. The minimum Gasteiger partial charge on any atom is -0.481 e. The van der Waals surface area contributed by atoms with Gasteiger partial charge in [0.15, 0.2) is 5.78 Å². The number of hydrogen-bond acceptors (Lipinski definition) is 4. The van der Waals surface area contributed by atoms with E-state index >= 15 is 0 Å². The van der Waals surface area contributed by atoms with E-state index in [0.29, 0.717) is 5.56 Å². The van der Waals surface area contributed by atoms with E-state index < -0.39 is 22.0 Å². The van der Waals surface area contributed by atoms with Gasteiger partial charge in [0.05, 0.1) is 11.3 Å². The van der Waals surface area contributed by atoms with Gasteiger partial charge in [-0.05, 0) is 25.0 Å². The molecule has 0 aromatic heterocycles. The third-order valence-electron chi connectivity index (χ3n) is 3.08. The summed E-state index contributed by atoms with van der Waals surface area (Å²) >= 11 is 0. The van der Waals surface area contributed by atoms with Crippen LogP contribution in [0.25, 0.3) is 0 Å². The third kappa shape index (κ3) is 4.95. The number of nitrogens with one attached hydrogen (secondary N) is 1. The lowest BCUT2D eigenvalue weighted by Gasteiger charge is -2.20. The molecule has 1 aromatic rings. The summed E-state index contributed by atoms with van der Waals surface area (Å²) in [7, 11) is -3.82. The zero-order valence-corrected chi connectivity index (χ0v) is 13.0. The van der Waals surface area contributed by atoms with Gasteiger partial charge in [-0.1, -0.05) is 26.0 Å². The van der Waals surface area contributed by atoms with Crippen LogP contribution in [0.3, 0.4) is 0 Å². The van der Waals surface area contributed by atoms with Crippen molar-refractivity contribution >= 4 is 21.8 Å². The number of Topliss-reactive ketones (excluding diaryl/α,β-unsaturated/α-hetero) is 1. The second-order valence-corrected chi connectivity index (χ2v) is 6.86. The maximum absolute atomic E-state index is 12.2. The number of carbonyl (C=O) groups excluding carboxylic acids is 1. The fourth-order valence-electron chi connectivity index (χ4n) is 1.74. The van der Waals surface area contributed by atoms with Gasteiger partial charge in [0.25, 0.3) is 0 Å². The van der Waals surface area contributed by atoms with Crippen molar-refractivity contribution in [1.82, 2.24) is 4.72 Å². The van der Waals surface area contributed by atoms with Gasteiger partial charge >= 0.3 is 5.97 Å². The number of rotatable bonds is 7. The largest absolute Gasteiger partial charge is 0.481 e. The van der Waals surface area contributed by atoms with Crippen molar-refractivity contribution in [3.05, 3.63) is 29.8 Å². The average molecular weight is 313 g/mol. The van der Waals surface area contributed by atoms with Crippen LogP contribution in [0, 0.1) is 5.92 Å². The van der Waals surface area contributed by atoms with Crippen molar-refractivity contribution in [2.45, 2.75) is 38.1 Å². The van der Waals surface area contributed by atoms with Gasteiger partial charge in [-0.3, -0.25) is 9.59 Å². The molecule has 1 rings (SSSR count). The second-order valence-electron chi connectivity index (χ2n) is 5.15. The van der Waals surface area contributed by atoms with Gasteiger partial charge < -0.3 is 5.11 Å². The first-order valence-electron chi connectivity index (χ1n) is 6.48. The van der Waals surface area contributed by atoms with Crippen LogP contribution in [0.1, 0.15) is 37.6 Å². The van der Waals surface area contributed by atoms with E-state index in [1.165, 1.54) is 31.2 Å². The zero-order chi connectivity index (χ0) is 16.2. The van der Waals surface area contributed by atoms with E-state index in [-0.39, 0.29) is 23.0 Å². The Labute approximate surface area is 124 Å². The minimum absolute atomic E-state index is 0.00328. The number of ketones is 1. The van der Waals surface area contributed by atoms with Gasteiger partial charge in [0, 0.05) is 11.6 Å². The van der Waals surface area contributed by atoms with Crippen LogP contribution in [-0.4, -0.2) is 31.3 Å². The Morgan fingerprint density at radius 2 is 1.71 bits per heavy atom. The number of carboxylic acid groups (broad SMARTS) is 1. The molecule has 0 radical (unpaired) electrons. The normalized spacial score (nSPS) is 13.1. The highest BCUT2D eigenvalue weighted by Crippen LogP contribution is 2.15. The highest BCUT2D eigenvalue weighted by molar-refractivity contribution is 7.89. The number of carboxylic acids is 1. The molecule has 1 unspecified atom stereocenters. The minimum atomic E-state index is -3.82. The summed E-state index contributed by atoms with van der Waals surface area (Å²) in [6, 6.07) is 4.82. The topological polar surface area (TPSA) is 101 Å². The molecule has 0 heterocycles. The first-order valence-corrected chi connectivity index (χ1v) is 7.97. The summed E-state index contributed by atoms with van der Waals surface area (Å²) in [6.07, 6.45) is -0.289. The van der Waals surface area contributed by atoms with E-state index in [2.05, 4.69) is 4.72 Å². The van der Waals surface area contributed by atoms with Crippen molar-refractivity contribution in [1.29, 1.82) is 0 Å². The van der Waals surface area contributed by atoms with Crippen LogP contribution < -0.4 is 4.72 Å². The van der Waals surface area contributed by atoms with Gasteiger partial charge in [0.1, 0.15) is 0 Å². The first-order chi connectivity index (χ1) is 9.63. The number of sulfonamides is 1. The molecule has 0 saturated carbocycles. The molecule has 0 saturated heterocycles. The SMILES string of the molecule is CC(=O)c1ccc(S(=O)(=O)NC(CC(=O)O)C(C)C)cc1. The van der Waals surface area contributed by atoms with Gasteiger partial charge in [-0.15, -0.1) is 0 Å². The Balaban J connectivity index is 2.98. The van der Waals surface area contributed by atoms with E-state index in [0.717, 1.165) is 0 Å². The molecule has 0 aliphatic carbocycles. The summed E-state index contributed by atoms with van der Waals surface area (Å²) in [5.74, 6) is -1.38. The van der Waals surface area contributed by atoms with Crippen molar-refractivity contribution in [2.24, 2.45) is 5.92 Å². The number of aliphatic carboxylic acids is 1. The van der Waals surface area contributed by atoms with Crippen LogP contribution in [0.4, 0.5) is 0 Å². The van der Waals surface area contributed by atoms with Crippen LogP contribution in [-0.2, 0) is 14.8 Å². The molecular weight excluding hydrogens is 294 g/mol. The monoisotopic (exact) mass is 313 g/mol. The molecular formula is C14H19NO5S. The Hall–Kier alpha value is -1.73. The van der Waals surface area contributed by atoms with E-state index in [4.69, 9.17) is 5.11 Å². The predicted molar refractivity (Wildman–Crippen MR) is 77.6 cm³/mol. The average Bonchev–Trinajstić information content (AvgIpc) is 2.37. The molecule has 21 heavy (non-hydrogen) atoms. The van der Waals surface area contributed by atoms with Gasteiger partial charge in [-0.2, -0.15) is 0 Å². The van der Waals surface area contributed by atoms with Crippen molar-refractivity contribution in [3.63, 3.8) is 0 Å². The molecule has 7 heteroatoms. The number of benzene rings is 1. The second kappa shape index (κ2) is 6.82. The maximum atomic E-state index is 12.2. The van der Waals surface area contributed by atoms with E-state index in [9.17, 15) is 18.0 Å². The quantitative estimate of drug-likeness (QED) is 0.746. The lowest BCUT2D eigenvalue weighted by atomic mass is 10.0. The highest BCUT2D eigenvalue weighted by atomic mass is 32.2. The Morgan fingerprint density at radius 1 is 1.19 bits per heavy atom. The van der Waals surface area contributed by atoms with Crippen molar-refractivity contribution in [3.8, 4) is 0 Å². The fourth-order valence-corrected chi connectivity index (χ4v) is 3.12. The summed E-state index contributed by atoms with van der Waals surface area (Å²) in [4.78, 5) is 22.0. The van der Waals surface area contributed by atoms with E-state index in [1.807, 2.05) is 0 Å². The maximum Gasteiger partial charge on any atom is 0.304 e. The lowest BCUT2D eigenvalue weighted by Crippen LogP contribution is -2.40. The first kappa shape index (κ1) is 17.3. The molecule has 1 aromatic carbocycles. The van der Waals surface area contributed by atoms with Crippen molar-refractivity contribution < 1.29 is 23.1 Å². The molecule has 6 nitrogen and oxygen atoms in total. The van der Waals surface area contributed by atoms with Crippen LogP contribution in [0.5, 0.6) is 0 Å². The summed E-state index contributed by atoms with van der Waals surface area (Å²) in [6.45, 7) is 4.88. The highest BCUT2D eigenvalue weighted by Gasteiger charge is 2.24. The van der Waals surface area contributed by atoms with Gasteiger partial charge in [-0.25, -0.2) is 13.1 Å². The molecule has 0 aliphatic rings. The lowest BCUT2D eigenvalue weighted by molar-refractivity contribution is -0.137. The summed E-state index contributed by atoms with van der Waals surface area (Å²) in [5.41, 5.74) is 0.417. The summed E-state index contributed by atoms with van der Waals surface area (Å²) < 4.78 is 26.8. The van der Waals surface area contributed by atoms with Crippen LogP contribution in [0.15, 0.2) is 29.2 Å². The molecule has 116 valence electrons. The summed E-state index contributed by atoms with van der Waals surface area (Å²) in [5, 5.41) is 8.83. The Kier molecular flexibility index (Phi) is 5.62. The molecule has 1 atom stereocenters. The standard InChI is InChI=1S/C14H19NO5S/c1-9(2)13(8-14(17)18)15-21(19,20)12-6-4-11(5-7-12)10(3)16/h4-7,9,13,15H,8H2,1-3H3,(H,17,18). The Bertz CT molecular complexity index is 619.